The fourth-order valence-corrected chi connectivity index (χ4v) is 5.20. The molecule has 3 aromatic rings. The van der Waals surface area contributed by atoms with Gasteiger partial charge >= 0.3 is 0 Å². The Morgan fingerprint density at radius 2 is 2.06 bits per heavy atom. The molecule has 11 heteroatoms. The van der Waals surface area contributed by atoms with Crippen molar-refractivity contribution >= 4 is 32.8 Å². The first-order valence-electron chi connectivity index (χ1n) is 9.53. The highest BCUT2D eigenvalue weighted by Gasteiger charge is 2.29. The number of benzene rings is 1. The van der Waals surface area contributed by atoms with E-state index in [9.17, 15) is 22.4 Å². The molecule has 1 saturated heterocycles. The van der Waals surface area contributed by atoms with Gasteiger partial charge < -0.3 is 15.2 Å². The highest BCUT2D eigenvalue weighted by atomic mass is 32.2. The standard InChI is InChI=1S/C20H19FN4O5S/c1-11-18-14(19(27)22-9-17(26)23-12-6-7-31(28,29)10-12)8-16(24-20(18)30-25-11)13-4-2-3-5-15(13)21/h2-5,8,12H,6-7,9-10H2,1H3,(H,22,27)(H,23,26)/t12-/m0/s1. The average molecular weight is 446 g/mol. The van der Waals surface area contributed by atoms with Gasteiger partial charge in [-0.15, -0.1) is 0 Å². The monoisotopic (exact) mass is 446 g/mol. The fraction of sp³-hybridized carbons (Fsp3) is 0.300. The normalized spacial score (nSPS) is 17.5. The molecule has 1 aliphatic heterocycles. The Hall–Kier alpha value is -3.34. The van der Waals surface area contributed by atoms with Gasteiger partial charge in [0.15, 0.2) is 9.84 Å². The van der Waals surface area contributed by atoms with E-state index in [-0.39, 0.29) is 40.6 Å². The Kier molecular flexibility index (Phi) is 5.44. The number of pyridine rings is 1. The summed E-state index contributed by atoms with van der Waals surface area (Å²) < 4.78 is 42.4. The number of fused-ring (bicyclic) bond motifs is 1. The molecule has 0 unspecified atom stereocenters. The van der Waals surface area contributed by atoms with Crippen molar-refractivity contribution in [2.45, 2.75) is 19.4 Å². The molecule has 2 amide bonds. The van der Waals surface area contributed by atoms with Gasteiger partial charge in [0.05, 0.1) is 40.4 Å². The summed E-state index contributed by atoms with van der Waals surface area (Å²) in [5.74, 6) is -1.68. The van der Waals surface area contributed by atoms with E-state index in [0.717, 1.165) is 0 Å². The van der Waals surface area contributed by atoms with Gasteiger partial charge in [-0.25, -0.2) is 17.8 Å². The maximum atomic E-state index is 14.2. The first-order chi connectivity index (χ1) is 14.7. The van der Waals surface area contributed by atoms with Gasteiger partial charge in [0, 0.05) is 11.6 Å². The summed E-state index contributed by atoms with van der Waals surface area (Å²) in [5, 5.41) is 9.30. The van der Waals surface area contributed by atoms with Crippen LogP contribution in [0.15, 0.2) is 34.9 Å². The quantitative estimate of drug-likeness (QED) is 0.605. The van der Waals surface area contributed by atoms with Crippen molar-refractivity contribution < 1.29 is 26.9 Å². The molecule has 31 heavy (non-hydrogen) atoms. The SMILES string of the molecule is Cc1noc2nc(-c3ccccc3F)cc(C(=O)NCC(=O)N[C@H]3CCS(=O)(=O)C3)c12. The zero-order valence-electron chi connectivity index (χ0n) is 16.5. The molecule has 9 nitrogen and oxygen atoms in total. The second-order valence-electron chi connectivity index (χ2n) is 7.33. The Bertz CT molecular complexity index is 1290. The zero-order valence-corrected chi connectivity index (χ0v) is 17.3. The second-order valence-corrected chi connectivity index (χ2v) is 9.56. The van der Waals surface area contributed by atoms with Gasteiger partial charge in [-0.1, -0.05) is 17.3 Å². The van der Waals surface area contributed by atoms with Crippen LogP contribution in [0.25, 0.3) is 22.4 Å². The van der Waals surface area contributed by atoms with Crippen LogP contribution in [0.3, 0.4) is 0 Å². The minimum atomic E-state index is -3.13. The molecule has 0 spiro atoms. The van der Waals surface area contributed by atoms with Crippen molar-refractivity contribution in [2.75, 3.05) is 18.1 Å². The Labute approximate surface area is 176 Å². The number of aromatic nitrogens is 2. The first-order valence-corrected chi connectivity index (χ1v) is 11.4. The molecular formula is C20H19FN4O5S. The van der Waals surface area contributed by atoms with Gasteiger partial charge in [-0.2, -0.15) is 0 Å². The maximum Gasteiger partial charge on any atom is 0.259 e. The number of halogens is 1. The van der Waals surface area contributed by atoms with Crippen molar-refractivity contribution in [1.29, 1.82) is 0 Å². The molecule has 1 atom stereocenters. The smallest absolute Gasteiger partial charge is 0.259 e. The molecule has 0 radical (unpaired) electrons. The van der Waals surface area contributed by atoms with Crippen molar-refractivity contribution in [3.05, 3.63) is 47.4 Å². The van der Waals surface area contributed by atoms with E-state index in [4.69, 9.17) is 4.52 Å². The number of sulfone groups is 1. The molecular weight excluding hydrogens is 427 g/mol. The van der Waals surface area contributed by atoms with E-state index < -0.39 is 33.5 Å². The molecule has 0 saturated carbocycles. The number of hydrogen-bond acceptors (Lipinski definition) is 7. The number of rotatable bonds is 5. The van der Waals surface area contributed by atoms with Crippen LogP contribution in [0, 0.1) is 12.7 Å². The molecule has 2 aromatic heterocycles. The predicted molar refractivity (Wildman–Crippen MR) is 109 cm³/mol. The summed E-state index contributed by atoms with van der Waals surface area (Å²) in [6.45, 7) is 1.29. The third-order valence-corrected chi connectivity index (χ3v) is 6.79. The maximum absolute atomic E-state index is 14.2. The van der Waals surface area contributed by atoms with Crippen LogP contribution in [-0.2, 0) is 14.6 Å². The van der Waals surface area contributed by atoms with Crippen LogP contribution < -0.4 is 10.6 Å². The van der Waals surface area contributed by atoms with E-state index in [1.807, 2.05) is 0 Å². The van der Waals surface area contributed by atoms with Gasteiger partial charge in [0.1, 0.15) is 5.82 Å². The zero-order chi connectivity index (χ0) is 22.2. The fourth-order valence-electron chi connectivity index (χ4n) is 3.52. The lowest BCUT2D eigenvalue weighted by atomic mass is 10.0. The molecule has 1 aliphatic rings. The number of carbonyl (C=O) groups excluding carboxylic acids is 2. The number of hydrogen-bond donors (Lipinski definition) is 2. The van der Waals surface area contributed by atoms with Crippen molar-refractivity contribution in [2.24, 2.45) is 0 Å². The number of amides is 2. The van der Waals surface area contributed by atoms with Gasteiger partial charge in [-0.05, 0) is 31.5 Å². The molecule has 3 heterocycles. The van der Waals surface area contributed by atoms with E-state index in [0.29, 0.717) is 17.5 Å². The summed E-state index contributed by atoms with van der Waals surface area (Å²) in [6, 6.07) is 6.94. The summed E-state index contributed by atoms with van der Waals surface area (Å²) in [6.07, 6.45) is 0.346. The van der Waals surface area contributed by atoms with Gasteiger partial charge in [0.25, 0.3) is 11.6 Å². The molecule has 1 fully saturated rings. The minimum Gasteiger partial charge on any atom is -0.351 e. The van der Waals surface area contributed by atoms with Crippen molar-refractivity contribution in [3.8, 4) is 11.3 Å². The number of aryl methyl sites for hydroxylation is 1. The van der Waals surface area contributed by atoms with Crippen LogP contribution in [0.1, 0.15) is 22.5 Å². The molecule has 2 N–H and O–H groups in total. The summed E-state index contributed by atoms with van der Waals surface area (Å²) in [4.78, 5) is 29.3. The highest BCUT2D eigenvalue weighted by Crippen LogP contribution is 2.28. The van der Waals surface area contributed by atoms with E-state index in [2.05, 4.69) is 20.8 Å². The highest BCUT2D eigenvalue weighted by molar-refractivity contribution is 7.91. The molecule has 0 bridgehead atoms. The minimum absolute atomic E-state index is 0.0326. The van der Waals surface area contributed by atoms with Crippen LogP contribution >= 0.6 is 0 Å². The summed E-state index contributed by atoms with van der Waals surface area (Å²) in [7, 11) is -3.13. The lowest BCUT2D eigenvalue weighted by Gasteiger charge is -2.12. The predicted octanol–water partition coefficient (Wildman–Crippen LogP) is 1.37. The third-order valence-electron chi connectivity index (χ3n) is 5.02. The van der Waals surface area contributed by atoms with E-state index >= 15 is 0 Å². The molecule has 4 rings (SSSR count). The molecule has 162 valence electrons. The first kappa shape index (κ1) is 20.9. The van der Waals surface area contributed by atoms with Crippen molar-refractivity contribution in [1.82, 2.24) is 20.8 Å². The third kappa shape index (κ3) is 4.41. The lowest BCUT2D eigenvalue weighted by molar-refractivity contribution is -0.120. The van der Waals surface area contributed by atoms with Crippen LogP contribution in [0.4, 0.5) is 4.39 Å². The Morgan fingerprint density at radius 1 is 1.29 bits per heavy atom. The van der Waals surface area contributed by atoms with Crippen LogP contribution in [0.5, 0.6) is 0 Å². The summed E-state index contributed by atoms with van der Waals surface area (Å²) >= 11 is 0. The van der Waals surface area contributed by atoms with Crippen molar-refractivity contribution in [3.63, 3.8) is 0 Å². The van der Waals surface area contributed by atoms with Crippen LogP contribution in [0.2, 0.25) is 0 Å². The van der Waals surface area contributed by atoms with Gasteiger partial charge in [-0.3, -0.25) is 9.59 Å². The Morgan fingerprint density at radius 3 is 2.77 bits per heavy atom. The number of nitrogens with one attached hydrogen (secondary N) is 2. The topological polar surface area (TPSA) is 131 Å². The Balaban J connectivity index is 1.55. The van der Waals surface area contributed by atoms with Crippen LogP contribution in [-0.4, -0.2) is 54.5 Å². The molecule has 0 aliphatic carbocycles. The average Bonchev–Trinajstić information content (AvgIpc) is 3.27. The largest absolute Gasteiger partial charge is 0.351 e. The number of nitrogens with zero attached hydrogens (tertiary/aromatic N) is 2. The second kappa shape index (κ2) is 8.06. The van der Waals surface area contributed by atoms with Gasteiger partial charge in [0.2, 0.25) is 5.91 Å². The number of carbonyl (C=O) groups is 2. The molecule has 1 aromatic carbocycles. The van der Waals surface area contributed by atoms with E-state index in [1.54, 1.807) is 13.0 Å². The summed E-state index contributed by atoms with van der Waals surface area (Å²) in [5.41, 5.74) is 1.01. The van der Waals surface area contributed by atoms with E-state index in [1.165, 1.54) is 24.3 Å². The lowest BCUT2D eigenvalue weighted by Crippen LogP contribution is -2.42.